The fraction of sp³-hybridized carbons (Fsp3) is 0.545. The van der Waals surface area contributed by atoms with Crippen LogP contribution in [0.25, 0.3) is 0 Å². The number of hydrogen-bond acceptors (Lipinski definition) is 5. The van der Waals surface area contributed by atoms with Gasteiger partial charge in [-0.1, -0.05) is 0 Å². The number of carbonyl (C=O) groups excluding carboxylic acids is 1. The van der Waals surface area contributed by atoms with Crippen LogP contribution in [0.5, 0.6) is 0 Å². The van der Waals surface area contributed by atoms with Gasteiger partial charge in [0.15, 0.2) is 0 Å². The van der Waals surface area contributed by atoms with E-state index in [1.54, 1.807) is 12.4 Å². The number of thiazole rings is 1. The van der Waals surface area contributed by atoms with Crippen LogP contribution in [0.15, 0.2) is 10.9 Å². The molecule has 1 aromatic heterocycles. The van der Waals surface area contributed by atoms with Gasteiger partial charge in [-0.15, -0.1) is 11.3 Å². The van der Waals surface area contributed by atoms with Crippen molar-refractivity contribution in [2.45, 2.75) is 19.5 Å². The Bertz CT molecular complexity index is 465. The van der Waals surface area contributed by atoms with Crippen LogP contribution in [-0.4, -0.2) is 41.3 Å². The van der Waals surface area contributed by atoms with Gasteiger partial charge in [-0.2, -0.15) is 0 Å². The van der Waals surface area contributed by atoms with E-state index >= 15 is 0 Å². The summed E-state index contributed by atoms with van der Waals surface area (Å²) in [5.41, 5.74) is 1.36. The summed E-state index contributed by atoms with van der Waals surface area (Å²) in [4.78, 5) is 26.9. The molecule has 0 spiro atoms. The summed E-state index contributed by atoms with van der Waals surface area (Å²) in [5, 5.41) is 16.3. The fourth-order valence-electron chi connectivity index (χ4n) is 1.79. The SMILES string of the molecule is CC1(C(=O)O)COCC1NC(=O)NCc1cscn1. The van der Waals surface area contributed by atoms with E-state index in [0.717, 1.165) is 5.69 Å². The van der Waals surface area contributed by atoms with E-state index in [-0.39, 0.29) is 13.2 Å². The minimum absolute atomic E-state index is 0.0966. The molecule has 1 aliphatic rings. The van der Waals surface area contributed by atoms with Gasteiger partial charge in [-0.25, -0.2) is 9.78 Å². The summed E-state index contributed by atoms with van der Waals surface area (Å²) in [7, 11) is 0. The number of amides is 2. The van der Waals surface area contributed by atoms with Crippen molar-refractivity contribution in [1.82, 2.24) is 15.6 Å². The predicted octanol–water partition coefficient (Wildman–Crippen LogP) is 0.432. The standard InChI is InChI=1S/C11H15N3O4S/c1-11(9(15)16)5-18-3-8(11)14-10(17)12-2-7-4-19-6-13-7/h4,6,8H,2-3,5H2,1H3,(H,15,16)(H2,12,14,17). The van der Waals surface area contributed by atoms with Crippen LogP contribution in [0.1, 0.15) is 12.6 Å². The Labute approximate surface area is 114 Å². The smallest absolute Gasteiger partial charge is 0.315 e. The Morgan fingerprint density at radius 2 is 2.47 bits per heavy atom. The first-order valence-electron chi connectivity index (χ1n) is 5.75. The molecule has 2 atom stereocenters. The van der Waals surface area contributed by atoms with E-state index < -0.39 is 23.5 Å². The third kappa shape index (κ3) is 3.02. The van der Waals surface area contributed by atoms with Crippen molar-refractivity contribution in [1.29, 1.82) is 0 Å². The highest BCUT2D eigenvalue weighted by Crippen LogP contribution is 2.28. The van der Waals surface area contributed by atoms with Gasteiger partial charge in [-0.3, -0.25) is 4.79 Å². The van der Waals surface area contributed by atoms with E-state index in [4.69, 9.17) is 4.74 Å². The first-order valence-corrected chi connectivity index (χ1v) is 6.69. The van der Waals surface area contributed by atoms with Gasteiger partial charge in [0.05, 0.1) is 37.0 Å². The van der Waals surface area contributed by atoms with Crippen LogP contribution in [0.3, 0.4) is 0 Å². The Kier molecular flexibility index (Phi) is 4.01. The zero-order chi connectivity index (χ0) is 13.9. The van der Waals surface area contributed by atoms with Crippen LogP contribution in [-0.2, 0) is 16.1 Å². The maximum Gasteiger partial charge on any atom is 0.315 e. The molecule has 0 bridgehead atoms. The van der Waals surface area contributed by atoms with Crippen molar-refractivity contribution in [2.24, 2.45) is 5.41 Å². The summed E-state index contributed by atoms with van der Waals surface area (Å²) >= 11 is 1.45. The number of carboxylic acids is 1. The average Bonchev–Trinajstić information content (AvgIpc) is 2.98. The maximum atomic E-state index is 11.7. The van der Waals surface area contributed by atoms with Crippen molar-refractivity contribution in [3.63, 3.8) is 0 Å². The Balaban J connectivity index is 1.86. The van der Waals surface area contributed by atoms with Gasteiger partial charge in [0.2, 0.25) is 0 Å². The lowest BCUT2D eigenvalue weighted by Gasteiger charge is -2.25. The molecular formula is C11H15N3O4S. The third-order valence-electron chi connectivity index (χ3n) is 3.16. The van der Waals surface area contributed by atoms with Crippen LogP contribution in [0.4, 0.5) is 4.79 Å². The minimum atomic E-state index is -1.09. The molecule has 2 unspecified atom stereocenters. The molecule has 0 saturated carbocycles. The second kappa shape index (κ2) is 5.54. The number of aromatic nitrogens is 1. The van der Waals surface area contributed by atoms with E-state index in [2.05, 4.69) is 15.6 Å². The highest BCUT2D eigenvalue weighted by molar-refractivity contribution is 7.07. The summed E-state index contributed by atoms with van der Waals surface area (Å²) in [5.74, 6) is -0.977. The topological polar surface area (TPSA) is 101 Å². The van der Waals surface area contributed by atoms with E-state index in [0.29, 0.717) is 6.54 Å². The molecular weight excluding hydrogens is 270 g/mol. The molecule has 0 aliphatic carbocycles. The number of carbonyl (C=O) groups is 2. The first kappa shape index (κ1) is 13.8. The Hall–Kier alpha value is -1.67. The summed E-state index contributed by atoms with van der Waals surface area (Å²) in [6.07, 6.45) is 0. The molecule has 1 aromatic rings. The molecule has 104 valence electrons. The number of hydrogen-bond donors (Lipinski definition) is 3. The average molecular weight is 285 g/mol. The number of nitrogens with one attached hydrogen (secondary N) is 2. The number of carboxylic acid groups (broad SMARTS) is 1. The van der Waals surface area contributed by atoms with Crippen molar-refractivity contribution in [3.8, 4) is 0 Å². The lowest BCUT2D eigenvalue weighted by atomic mass is 9.85. The number of nitrogens with zero attached hydrogens (tertiary/aromatic N) is 1. The highest BCUT2D eigenvalue weighted by atomic mass is 32.1. The lowest BCUT2D eigenvalue weighted by Crippen LogP contribution is -2.52. The predicted molar refractivity (Wildman–Crippen MR) is 67.8 cm³/mol. The fourth-order valence-corrected chi connectivity index (χ4v) is 2.35. The molecule has 7 nitrogen and oxygen atoms in total. The number of urea groups is 1. The van der Waals surface area contributed by atoms with Gasteiger partial charge < -0.3 is 20.5 Å². The second-order valence-electron chi connectivity index (χ2n) is 4.60. The Morgan fingerprint density at radius 3 is 3.11 bits per heavy atom. The monoisotopic (exact) mass is 285 g/mol. The zero-order valence-electron chi connectivity index (χ0n) is 10.4. The molecule has 1 aliphatic heterocycles. The van der Waals surface area contributed by atoms with E-state index in [9.17, 15) is 14.7 Å². The molecule has 2 amide bonds. The molecule has 8 heteroatoms. The van der Waals surface area contributed by atoms with Gasteiger partial charge in [0.25, 0.3) is 0 Å². The summed E-state index contributed by atoms with van der Waals surface area (Å²) in [6.45, 7) is 2.17. The van der Waals surface area contributed by atoms with Gasteiger partial charge >= 0.3 is 12.0 Å². The van der Waals surface area contributed by atoms with Crippen LogP contribution in [0, 0.1) is 5.41 Å². The van der Waals surface area contributed by atoms with Gasteiger partial charge in [0.1, 0.15) is 5.41 Å². The normalized spacial score (nSPS) is 26.1. The highest BCUT2D eigenvalue weighted by Gasteiger charge is 2.47. The van der Waals surface area contributed by atoms with Gasteiger partial charge in [0, 0.05) is 5.38 Å². The molecule has 2 rings (SSSR count). The molecule has 3 N–H and O–H groups in total. The van der Waals surface area contributed by atoms with Crippen molar-refractivity contribution >= 4 is 23.3 Å². The molecule has 19 heavy (non-hydrogen) atoms. The quantitative estimate of drug-likeness (QED) is 0.745. The van der Waals surface area contributed by atoms with Crippen LogP contribution in [0.2, 0.25) is 0 Å². The molecule has 1 fully saturated rings. The molecule has 0 aromatic carbocycles. The number of ether oxygens (including phenoxy) is 1. The molecule has 1 saturated heterocycles. The van der Waals surface area contributed by atoms with Crippen LogP contribution < -0.4 is 10.6 Å². The Morgan fingerprint density at radius 1 is 1.68 bits per heavy atom. The lowest BCUT2D eigenvalue weighted by molar-refractivity contribution is -0.148. The molecule has 2 heterocycles. The van der Waals surface area contributed by atoms with Crippen LogP contribution >= 0.6 is 11.3 Å². The van der Waals surface area contributed by atoms with Crippen molar-refractivity contribution in [2.75, 3.05) is 13.2 Å². The molecule has 0 radical (unpaired) electrons. The minimum Gasteiger partial charge on any atom is -0.481 e. The van der Waals surface area contributed by atoms with Crippen molar-refractivity contribution in [3.05, 3.63) is 16.6 Å². The number of aliphatic carboxylic acids is 1. The van der Waals surface area contributed by atoms with Gasteiger partial charge in [-0.05, 0) is 6.92 Å². The largest absolute Gasteiger partial charge is 0.481 e. The number of rotatable bonds is 4. The second-order valence-corrected chi connectivity index (χ2v) is 5.32. The van der Waals surface area contributed by atoms with Crippen molar-refractivity contribution < 1.29 is 19.4 Å². The first-order chi connectivity index (χ1) is 9.02. The summed E-state index contributed by atoms with van der Waals surface area (Å²) < 4.78 is 5.15. The third-order valence-corrected chi connectivity index (χ3v) is 3.80. The van der Waals surface area contributed by atoms with E-state index in [1.165, 1.54) is 11.3 Å². The zero-order valence-corrected chi connectivity index (χ0v) is 11.2. The summed E-state index contributed by atoms with van der Waals surface area (Å²) in [6, 6.07) is -0.962. The maximum absolute atomic E-state index is 11.7. The van der Waals surface area contributed by atoms with E-state index in [1.807, 2.05) is 5.38 Å².